The zero-order valence-electron chi connectivity index (χ0n) is 19.3. The molecule has 1 aromatic carbocycles. The van der Waals surface area contributed by atoms with Crippen molar-refractivity contribution in [3.05, 3.63) is 51.2 Å². The van der Waals surface area contributed by atoms with Crippen molar-refractivity contribution in [2.45, 2.75) is 18.6 Å². The van der Waals surface area contributed by atoms with Gasteiger partial charge in [-0.3, -0.25) is 24.0 Å². The minimum Gasteiger partial charge on any atom is -0.494 e. The standard InChI is InChI=1S/C21H24N8O6/c1-26-15-14(16(30)23-20(26)33)29(10-7-11-35-12-8-5-4-6-9-12)19(22-15)25-24-13-17(31)27(2)21(34)28(3)18(13)32/h4-6,8-9,14-15,31H,7,10-11H2,1-3H3,(H,23,30,33). The first-order valence-electron chi connectivity index (χ1n) is 10.7. The molecule has 0 spiro atoms. The summed E-state index contributed by atoms with van der Waals surface area (Å²) in [6, 6.07) is 7.76. The molecule has 4 rings (SSSR count). The first kappa shape index (κ1) is 23.7. The van der Waals surface area contributed by atoms with Gasteiger partial charge in [0.1, 0.15) is 5.75 Å². The number of para-hydroxylation sites is 1. The molecule has 1 aromatic heterocycles. The van der Waals surface area contributed by atoms with Crippen molar-refractivity contribution in [3.63, 3.8) is 0 Å². The van der Waals surface area contributed by atoms with E-state index in [2.05, 4.69) is 20.5 Å². The van der Waals surface area contributed by atoms with Crippen molar-refractivity contribution in [3.8, 4) is 11.6 Å². The highest BCUT2D eigenvalue weighted by atomic mass is 16.5. The Kier molecular flexibility index (Phi) is 6.36. The number of fused-ring (bicyclic) bond motifs is 1. The number of rotatable bonds is 6. The second kappa shape index (κ2) is 9.40. The second-order valence-corrected chi connectivity index (χ2v) is 7.98. The van der Waals surface area contributed by atoms with Gasteiger partial charge in [-0.15, -0.1) is 10.2 Å². The Morgan fingerprint density at radius 3 is 2.49 bits per heavy atom. The maximum atomic E-state index is 12.6. The number of amides is 3. The summed E-state index contributed by atoms with van der Waals surface area (Å²) in [6.45, 7) is 0.611. The molecule has 14 nitrogen and oxygen atoms in total. The molecule has 2 N–H and O–H groups in total. The van der Waals surface area contributed by atoms with Crippen molar-refractivity contribution in [1.82, 2.24) is 24.3 Å². The summed E-state index contributed by atoms with van der Waals surface area (Å²) in [6.07, 6.45) is -0.374. The van der Waals surface area contributed by atoms with Crippen molar-refractivity contribution in [2.24, 2.45) is 29.3 Å². The number of azo groups is 1. The van der Waals surface area contributed by atoms with E-state index in [1.165, 1.54) is 26.0 Å². The first-order valence-corrected chi connectivity index (χ1v) is 10.7. The number of guanidine groups is 1. The highest BCUT2D eigenvalue weighted by Gasteiger charge is 2.48. The molecule has 0 bridgehead atoms. The average molecular weight is 484 g/mol. The third-order valence-electron chi connectivity index (χ3n) is 5.74. The predicted octanol–water partition coefficient (Wildman–Crippen LogP) is -0.110. The van der Waals surface area contributed by atoms with Gasteiger partial charge in [0.2, 0.25) is 17.5 Å². The number of imide groups is 1. The number of carbonyl (C=O) groups is 2. The van der Waals surface area contributed by atoms with Crippen LogP contribution in [-0.4, -0.2) is 74.3 Å². The largest absolute Gasteiger partial charge is 0.494 e. The molecule has 1 fully saturated rings. The molecule has 2 aromatic rings. The number of hydrogen-bond acceptors (Lipinski definition) is 10. The SMILES string of the molecule is CN1C(=O)NC(=O)C2C1N=C(N=Nc1c(O)n(C)c(=O)n(C)c1=O)N2CCCOc1ccccc1. The van der Waals surface area contributed by atoms with Crippen LogP contribution in [0.25, 0.3) is 0 Å². The molecule has 0 radical (unpaired) electrons. The lowest BCUT2D eigenvalue weighted by molar-refractivity contribution is -0.127. The van der Waals surface area contributed by atoms with E-state index < -0.39 is 47.0 Å². The number of likely N-dealkylation sites (N-methyl/N-ethyl adjacent to an activating group) is 1. The van der Waals surface area contributed by atoms with Gasteiger partial charge < -0.3 is 19.6 Å². The van der Waals surface area contributed by atoms with Crippen LogP contribution in [0.4, 0.5) is 10.5 Å². The van der Waals surface area contributed by atoms with Gasteiger partial charge in [0.25, 0.3) is 11.5 Å². The van der Waals surface area contributed by atoms with E-state index in [4.69, 9.17) is 4.74 Å². The van der Waals surface area contributed by atoms with Crippen LogP contribution in [0.3, 0.4) is 0 Å². The molecule has 2 unspecified atom stereocenters. The van der Waals surface area contributed by atoms with E-state index in [-0.39, 0.29) is 12.5 Å². The fraction of sp³-hybridized carbons (Fsp3) is 0.381. The maximum Gasteiger partial charge on any atom is 0.333 e. The van der Waals surface area contributed by atoms with Crippen molar-refractivity contribution >= 4 is 23.6 Å². The minimum atomic E-state index is -0.861. The Hall–Kier alpha value is -4.49. The van der Waals surface area contributed by atoms with Gasteiger partial charge in [0.05, 0.1) is 6.61 Å². The van der Waals surface area contributed by atoms with Crippen LogP contribution >= 0.6 is 0 Å². The lowest BCUT2D eigenvalue weighted by Gasteiger charge is -2.35. The number of ether oxygens (including phenoxy) is 1. The van der Waals surface area contributed by atoms with Crippen LogP contribution in [0, 0.1) is 0 Å². The van der Waals surface area contributed by atoms with Crippen molar-refractivity contribution in [2.75, 3.05) is 20.2 Å². The molecular weight excluding hydrogens is 460 g/mol. The van der Waals surface area contributed by atoms with Crippen LogP contribution in [0.5, 0.6) is 11.6 Å². The number of nitrogens with one attached hydrogen (secondary N) is 1. The Labute approximate surface area is 198 Å². The van der Waals surface area contributed by atoms with Crippen LogP contribution in [0.2, 0.25) is 0 Å². The molecule has 184 valence electrons. The fourth-order valence-corrected chi connectivity index (χ4v) is 3.77. The summed E-state index contributed by atoms with van der Waals surface area (Å²) in [5.41, 5.74) is -2.04. The minimum absolute atomic E-state index is 0.00767. The number of aliphatic imine (C=N–C) groups is 1. The average Bonchev–Trinajstić information content (AvgIpc) is 3.22. The van der Waals surface area contributed by atoms with Gasteiger partial charge >= 0.3 is 11.7 Å². The molecular formula is C21H24N8O6. The molecule has 35 heavy (non-hydrogen) atoms. The van der Waals surface area contributed by atoms with E-state index in [1.54, 1.807) is 4.90 Å². The van der Waals surface area contributed by atoms with Crippen molar-refractivity contribution in [1.29, 1.82) is 0 Å². The highest BCUT2D eigenvalue weighted by molar-refractivity contribution is 6.03. The Bertz CT molecular complexity index is 1330. The van der Waals surface area contributed by atoms with Crippen LogP contribution in [0.15, 0.2) is 55.1 Å². The Morgan fingerprint density at radius 1 is 1.06 bits per heavy atom. The molecule has 14 heteroatoms. The Morgan fingerprint density at radius 2 is 1.77 bits per heavy atom. The van der Waals surface area contributed by atoms with Crippen LogP contribution in [-0.2, 0) is 18.9 Å². The van der Waals surface area contributed by atoms with E-state index >= 15 is 0 Å². The highest BCUT2D eigenvalue weighted by Crippen LogP contribution is 2.26. The normalized spacial score (nSPS) is 19.7. The third kappa shape index (κ3) is 4.37. The topological polar surface area (TPSA) is 163 Å². The number of aromatic hydroxyl groups is 1. The molecule has 2 aliphatic heterocycles. The quantitative estimate of drug-likeness (QED) is 0.427. The number of carbonyl (C=O) groups excluding carboxylic acids is 2. The molecule has 1 saturated heterocycles. The Balaban J connectivity index is 1.60. The number of nitrogens with zero attached hydrogens (tertiary/aromatic N) is 7. The molecule has 2 aliphatic rings. The van der Waals surface area contributed by atoms with Gasteiger partial charge in [-0.05, 0) is 18.6 Å². The summed E-state index contributed by atoms with van der Waals surface area (Å²) in [5.74, 6) is -0.517. The van der Waals surface area contributed by atoms with Gasteiger partial charge in [-0.1, -0.05) is 18.2 Å². The summed E-state index contributed by atoms with van der Waals surface area (Å²) in [4.78, 5) is 56.3. The molecule has 2 atom stereocenters. The summed E-state index contributed by atoms with van der Waals surface area (Å²) >= 11 is 0. The van der Waals surface area contributed by atoms with E-state index in [0.29, 0.717) is 18.8 Å². The summed E-state index contributed by atoms with van der Waals surface area (Å²) < 4.78 is 7.34. The summed E-state index contributed by atoms with van der Waals surface area (Å²) in [5, 5.41) is 20.4. The zero-order chi connectivity index (χ0) is 25.3. The maximum absolute atomic E-state index is 12.6. The number of urea groups is 1. The zero-order valence-corrected chi connectivity index (χ0v) is 19.3. The number of hydrogen-bond donors (Lipinski definition) is 2. The van der Waals surface area contributed by atoms with Gasteiger partial charge in [0, 0.05) is 27.7 Å². The molecule has 3 heterocycles. The van der Waals surface area contributed by atoms with E-state index in [1.807, 2.05) is 30.3 Å². The van der Waals surface area contributed by atoms with Crippen LogP contribution < -0.4 is 21.3 Å². The smallest absolute Gasteiger partial charge is 0.333 e. The second-order valence-electron chi connectivity index (χ2n) is 7.98. The lowest BCUT2D eigenvalue weighted by atomic mass is 10.1. The number of benzene rings is 1. The summed E-state index contributed by atoms with van der Waals surface area (Å²) in [7, 11) is 4.02. The third-order valence-corrected chi connectivity index (χ3v) is 5.74. The lowest BCUT2D eigenvalue weighted by Crippen LogP contribution is -2.63. The van der Waals surface area contributed by atoms with E-state index in [9.17, 15) is 24.3 Å². The van der Waals surface area contributed by atoms with E-state index in [0.717, 1.165) is 9.13 Å². The van der Waals surface area contributed by atoms with Gasteiger partial charge in [-0.25, -0.2) is 14.6 Å². The number of aromatic nitrogens is 2. The predicted molar refractivity (Wildman–Crippen MR) is 123 cm³/mol. The monoisotopic (exact) mass is 484 g/mol. The fourth-order valence-electron chi connectivity index (χ4n) is 3.77. The molecule has 3 amide bonds. The van der Waals surface area contributed by atoms with Gasteiger partial charge in [0.15, 0.2) is 12.2 Å². The molecule has 0 saturated carbocycles. The van der Waals surface area contributed by atoms with Crippen molar-refractivity contribution < 1.29 is 19.4 Å². The molecule has 0 aliphatic carbocycles. The van der Waals surface area contributed by atoms with Crippen LogP contribution in [0.1, 0.15) is 6.42 Å². The first-order chi connectivity index (χ1) is 16.7. The van der Waals surface area contributed by atoms with Gasteiger partial charge in [-0.2, -0.15) is 0 Å².